The number of carbonyl (C=O) groups is 2. The summed E-state index contributed by atoms with van der Waals surface area (Å²) in [4.78, 5) is 27.0. The molecule has 0 saturated heterocycles. The first-order valence-corrected chi connectivity index (χ1v) is 7.25. The molecule has 0 fully saturated rings. The number of halogens is 1. The van der Waals surface area contributed by atoms with E-state index in [1.807, 2.05) is 0 Å². The number of rotatable bonds is 5. The summed E-state index contributed by atoms with van der Waals surface area (Å²) in [5.74, 6) is -2.36. The molecule has 0 aliphatic rings. The molecule has 0 radical (unpaired) electrons. The Morgan fingerprint density at radius 2 is 2.00 bits per heavy atom. The molecular weight excluding hydrogens is 307 g/mol. The number of pyridine rings is 1. The first kappa shape index (κ1) is 16.0. The van der Waals surface area contributed by atoms with Gasteiger partial charge in [-0.05, 0) is 31.2 Å². The second-order valence-electron chi connectivity index (χ2n) is 4.37. The van der Waals surface area contributed by atoms with Crippen LogP contribution in [0.25, 0.3) is 0 Å². The van der Waals surface area contributed by atoms with E-state index in [1.165, 1.54) is 36.5 Å². The number of benzene rings is 1. The minimum Gasteiger partial charge on any atom is -0.545 e. The molecule has 22 heavy (non-hydrogen) atoms. The SMILES string of the molecule is C[C@H](Sc1ncccc1C(=O)[O-])C(=O)Nc1ccccc1F. The Morgan fingerprint density at radius 3 is 2.68 bits per heavy atom. The average Bonchev–Trinajstić information content (AvgIpc) is 2.49. The van der Waals surface area contributed by atoms with Crippen molar-refractivity contribution < 1.29 is 19.1 Å². The number of amides is 1. The van der Waals surface area contributed by atoms with Gasteiger partial charge in [0.05, 0.1) is 16.9 Å². The van der Waals surface area contributed by atoms with Crippen molar-refractivity contribution in [3.8, 4) is 0 Å². The quantitative estimate of drug-likeness (QED) is 0.848. The first-order valence-electron chi connectivity index (χ1n) is 6.37. The Bertz CT molecular complexity index is 709. The highest BCUT2D eigenvalue weighted by Crippen LogP contribution is 2.25. The molecule has 2 rings (SSSR count). The van der Waals surface area contributed by atoms with E-state index < -0.39 is 22.9 Å². The van der Waals surface area contributed by atoms with Crippen molar-refractivity contribution in [1.29, 1.82) is 0 Å². The minimum absolute atomic E-state index is 0.0705. The highest BCUT2D eigenvalue weighted by Gasteiger charge is 2.18. The van der Waals surface area contributed by atoms with E-state index in [2.05, 4.69) is 10.3 Å². The number of carboxylic acid groups (broad SMARTS) is 1. The van der Waals surface area contributed by atoms with E-state index in [9.17, 15) is 19.1 Å². The first-order chi connectivity index (χ1) is 10.5. The van der Waals surface area contributed by atoms with Crippen molar-refractivity contribution in [2.75, 3.05) is 5.32 Å². The second kappa shape index (κ2) is 7.04. The number of hydrogen-bond donors (Lipinski definition) is 1. The van der Waals surface area contributed by atoms with E-state index in [0.717, 1.165) is 11.8 Å². The molecule has 0 saturated carbocycles. The third-order valence-electron chi connectivity index (χ3n) is 2.78. The molecule has 114 valence electrons. The maximum atomic E-state index is 13.5. The summed E-state index contributed by atoms with van der Waals surface area (Å²) < 4.78 is 13.5. The van der Waals surface area contributed by atoms with E-state index in [0.29, 0.717) is 0 Å². The van der Waals surface area contributed by atoms with Crippen LogP contribution in [0, 0.1) is 5.82 Å². The van der Waals surface area contributed by atoms with Crippen LogP contribution < -0.4 is 10.4 Å². The lowest BCUT2D eigenvalue weighted by Crippen LogP contribution is -2.25. The number of thioether (sulfide) groups is 1. The molecule has 1 amide bonds. The van der Waals surface area contributed by atoms with Gasteiger partial charge in [-0.15, -0.1) is 0 Å². The van der Waals surface area contributed by atoms with Crippen LogP contribution in [-0.4, -0.2) is 22.1 Å². The van der Waals surface area contributed by atoms with Gasteiger partial charge in [0.25, 0.3) is 0 Å². The summed E-state index contributed by atoms with van der Waals surface area (Å²) in [5, 5.41) is 13.0. The summed E-state index contributed by atoms with van der Waals surface area (Å²) in [6.07, 6.45) is 1.43. The maximum Gasteiger partial charge on any atom is 0.237 e. The van der Waals surface area contributed by atoms with Gasteiger partial charge >= 0.3 is 0 Å². The Hall–Kier alpha value is -2.41. The number of aromatic carboxylic acids is 1. The van der Waals surface area contributed by atoms with Gasteiger partial charge in [-0.25, -0.2) is 9.37 Å². The lowest BCUT2D eigenvalue weighted by atomic mass is 10.3. The molecule has 0 aliphatic heterocycles. The summed E-state index contributed by atoms with van der Waals surface area (Å²) in [7, 11) is 0. The zero-order valence-corrected chi connectivity index (χ0v) is 12.4. The van der Waals surface area contributed by atoms with Crippen molar-refractivity contribution in [3.63, 3.8) is 0 Å². The van der Waals surface area contributed by atoms with Gasteiger partial charge in [0.2, 0.25) is 5.91 Å². The van der Waals surface area contributed by atoms with Gasteiger partial charge < -0.3 is 15.2 Å². The number of anilines is 1. The largest absolute Gasteiger partial charge is 0.545 e. The molecule has 1 aromatic carbocycles. The predicted octanol–water partition coefficient (Wildman–Crippen LogP) is 1.70. The van der Waals surface area contributed by atoms with Gasteiger partial charge in [0, 0.05) is 11.8 Å². The number of hydrogen-bond acceptors (Lipinski definition) is 5. The lowest BCUT2D eigenvalue weighted by Gasteiger charge is -2.14. The molecule has 1 aromatic heterocycles. The summed E-state index contributed by atoms with van der Waals surface area (Å²) >= 11 is 0.965. The molecule has 0 unspecified atom stereocenters. The second-order valence-corrected chi connectivity index (χ2v) is 5.70. The van der Waals surface area contributed by atoms with Crippen LogP contribution in [0.4, 0.5) is 10.1 Å². The van der Waals surface area contributed by atoms with E-state index >= 15 is 0 Å². The van der Waals surface area contributed by atoms with Crippen LogP contribution in [0.3, 0.4) is 0 Å². The van der Waals surface area contributed by atoms with Crippen LogP contribution in [0.5, 0.6) is 0 Å². The van der Waals surface area contributed by atoms with Crippen molar-refractivity contribution >= 4 is 29.3 Å². The molecule has 5 nitrogen and oxygen atoms in total. The molecule has 1 N–H and O–H groups in total. The van der Waals surface area contributed by atoms with E-state index in [1.54, 1.807) is 13.0 Å². The van der Waals surface area contributed by atoms with E-state index in [4.69, 9.17) is 0 Å². The number of carboxylic acids is 1. The third-order valence-corrected chi connectivity index (χ3v) is 3.90. The van der Waals surface area contributed by atoms with Crippen LogP contribution >= 0.6 is 11.8 Å². The number of carbonyl (C=O) groups excluding carboxylic acids is 2. The zero-order valence-electron chi connectivity index (χ0n) is 11.6. The van der Waals surface area contributed by atoms with Crippen molar-refractivity contribution in [2.45, 2.75) is 17.2 Å². The molecule has 0 spiro atoms. The Balaban J connectivity index is 2.09. The fourth-order valence-corrected chi connectivity index (χ4v) is 2.56. The molecule has 1 heterocycles. The highest BCUT2D eigenvalue weighted by atomic mass is 32.2. The van der Waals surface area contributed by atoms with Gasteiger partial charge in [-0.1, -0.05) is 23.9 Å². The van der Waals surface area contributed by atoms with Crippen molar-refractivity contribution in [2.24, 2.45) is 0 Å². The van der Waals surface area contributed by atoms with Gasteiger partial charge in [0.15, 0.2) is 0 Å². The summed E-state index contributed by atoms with van der Waals surface area (Å²) in [6.45, 7) is 1.58. The van der Waals surface area contributed by atoms with Crippen LogP contribution in [-0.2, 0) is 4.79 Å². The smallest absolute Gasteiger partial charge is 0.237 e. The average molecular weight is 319 g/mol. The fraction of sp³-hybridized carbons (Fsp3) is 0.133. The summed E-state index contributed by atoms with van der Waals surface area (Å²) in [5.41, 5.74) is -0.0147. The lowest BCUT2D eigenvalue weighted by molar-refractivity contribution is -0.255. The molecule has 2 aromatic rings. The predicted molar refractivity (Wildman–Crippen MR) is 78.9 cm³/mol. The maximum absolute atomic E-state index is 13.5. The van der Waals surface area contributed by atoms with Crippen LogP contribution in [0.15, 0.2) is 47.6 Å². The van der Waals surface area contributed by atoms with Crippen molar-refractivity contribution in [3.05, 3.63) is 54.0 Å². The zero-order chi connectivity index (χ0) is 16.1. The number of para-hydroxylation sites is 1. The Morgan fingerprint density at radius 1 is 1.27 bits per heavy atom. The van der Waals surface area contributed by atoms with E-state index in [-0.39, 0.29) is 16.3 Å². The topological polar surface area (TPSA) is 82.1 Å². The van der Waals surface area contributed by atoms with Crippen molar-refractivity contribution in [1.82, 2.24) is 4.98 Å². The number of nitrogens with zero attached hydrogens (tertiary/aromatic N) is 1. The molecule has 7 heteroatoms. The van der Waals surface area contributed by atoms with Gasteiger partial charge in [-0.2, -0.15) is 0 Å². The normalized spacial score (nSPS) is 11.7. The number of aromatic nitrogens is 1. The molecular formula is C15H12FN2O3S-. The fourth-order valence-electron chi connectivity index (χ4n) is 1.66. The minimum atomic E-state index is -1.36. The Labute approximate surface area is 130 Å². The highest BCUT2D eigenvalue weighted by molar-refractivity contribution is 8.00. The van der Waals surface area contributed by atoms with Crippen LogP contribution in [0.1, 0.15) is 17.3 Å². The third kappa shape index (κ3) is 3.82. The standard InChI is InChI=1S/C15H13FN2O3S/c1-9(13(19)18-12-7-3-2-6-11(12)16)22-14-10(15(20)21)5-4-8-17-14/h2-9H,1H3,(H,18,19)(H,20,21)/p-1/t9-/m0/s1. The Kier molecular flexibility index (Phi) is 5.11. The van der Waals surface area contributed by atoms with Crippen LogP contribution in [0.2, 0.25) is 0 Å². The van der Waals surface area contributed by atoms with Gasteiger partial charge in [-0.3, -0.25) is 4.79 Å². The van der Waals surface area contributed by atoms with Gasteiger partial charge in [0.1, 0.15) is 10.8 Å². The molecule has 0 bridgehead atoms. The number of nitrogens with one attached hydrogen (secondary N) is 1. The molecule has 0 aliphatic carbocycles. The monoisotopic (exact) mass is 319 g/mol. The summed E-state index contributed by atoms with van der Waals surface area (Å²) in [6, 6.07) is 8.62. The molecule has 1 atom stereocenters.